The van der Waals surface area contributed by atoms with Crippen LogP contribution in [0, 0.1) is 0 Å². The van der Waals surface area contributed by atoms with E-state index in [0.29, 0.717) is 22.8 Å². The summed E-state index contributed by atoms with van der Waals surface area (Å²) in [6.45, 7) is 0. The molecule has 7 heteroatoms. The molecular formula is C22H18N4O3. The molecule has 0 fully saturated rings. The fraction of sp³-hybridized carbons (Fsp3) is 0.0455. The molecule has 0 unspecified atom stereocenters. The minimum atomic E-state index is -0.465. The molecule has 0 saturated heterocycles. The number of fused-ring (bicyclic) bond motifs is 1. The first-order chi connectivity index (χ1) is 14.2. The summed E-state index contributed by atoms with van der Waals surface area (Å²) in [5.74, 6) is 0.711. The number of nitrogen functional groups attached to an aromatic ring is 1. The van der Waals surface area contributed by atoms with Crippen molar-refractivity contribution in [2.45, 2.75) is 0 Å². The molecule has 3 aromatic carbocycles. The minimum absolute atomic E-state index is 0.217. The molecule has 0 aliphatic carbocycles. The zero-order valence-electron chi connectivity index (χ0n) is 15.6. The second-order valence-electron chi connectivity index (χ2n) is 6.18. The van der Waals surface area contributed by atoms with Crippen molar-refractivity contribution in [2.75, 3.05) is 18.2 Å². The van der Waals surface area contributed by atoms with E-state index in [-0.39, 0.29) is 11.6 Å². The number of nitrogens with zero attached hydrogens (tertiary/aromatic N) is 2. The number of methoxy groups -OCH3 is 1. The van der Waals surface area contributed by atoms with Crippen LogP contribution in [-0.4, -0.2) is 23.0 Å². The van der Waals surface area contributed by atoms with Crippen LogP contribution in [0.3, 0.4) is 0 Å². The Hall–Kier alpha value is -4.13. The highest BCUT2D eigenvalue weighted by Crippen LogP contribution is 2.34. The van der Waals surface area contributed by atoms with Gasteiger partial charge < -0.3 is 20.5 Å². The second kappa shape index (κ2) is 7.85. The molecule has 1 heterocycles. The maximum atomic E-state index is 12.0. The lowest BCUT2D eigenvalue weighted by atomic mass is 10.1. The number of esters is 1. The molecule has 1 aromatic heterocycles. The molecule has 0 radical (unpaired) electrons. The fourth-order valence-corrected chi connectivity index (χ4v) is 2.96. The fourth-order valence-electron chi connectivity index (χ4n) is 2.96. The van der Waals surface area contributed by atoms with Crippen molar-refractivity contribution in [3.05, 3.63) is 78.6 Å². The van der Waals surface area contributed by atoms with E-state index < -0.39 is 5.97 Å². The number of anilines is 3. The predicted octanol–water partition coefficient (Wildman–Crippen LogP) is 4.53. The Bertz CT molecular complexity index is 1190. The van der Waals surface area contributed by atoms with E-state index in [0.717, 1.165) is 10.8 Å². The van der Waals surface area contributed by atoms with Crippen molar-refractivity contribution in [3.63, 3.8) is 0 Å². The lowest BCUT2D eigenvalue weighted by Crippen LogP contribution is -2.08. The number of hydrogen-bond donors (Lipinski definition) is 2. The minimum Gasteiger partial charge on any atom is -0.465 e. The Morgan fingerprint density at radius 1 is 0.966 bits per heavy atom. The van der Waals surface area contributed by atoms with Crippen LogP contribution in [0.1, 0.15) is 10.4 Å². The largest absolute Gasteiger partial charge is 0.465 e. The number of ether oxygens (including phenoxy) is 2. The average molecular weight is 386 g/mol. The molecule has 0 atom stereocenters. The van der Waals surface area contributed by atoms with Crippen molar-refractivity contribution in [1.82, 2.24) is 9.97 Å². The third-order valence-corrected chi connectivity index (χ3v) is 4.39. The van der Waals surface area contributed by atoms with Gasteiger partial charge in [-0.3, -0.25) is 0 Å². The SMILES string of the molecule is COC(=O)c1ccccc1Nc1ncnc(Oc2cccc3ccccc23)c1N. The van der Waals surface area contributed by atoms with Gasteiger partial charge in [0.15, 0.2) is 5.82 Å². The van der Waals surface area contributed by atoms with Crippen LogP contribution < -0.4 is 15.8 Å². The molecule has 7 nitrogen and oxygen atoms in total. The van der Waals surface area contributed by atoms with Gasteiger partial charge in [0.25, 0.3) is 0 Å². The van der Waals surface area contributed by atoms with Crippen LogP contribution in [0.4, 0.5) is 17.2 Å². The summed E-state index contributed by atoms with van der Waals surface area (Å²) < 4.78 is 10.8. The first-order valence-corrected chi connectivity index (χ1v) is 8.88. The highest BCUT2D eigenvalue weighted by Gasteiger charge is 2.16. The lowest BCUT2D eigenvalue weighted by Gasteiger charge is -2.14. The van der Waals surface area contributed by atoms with Crippen molar-refractivity contribution < 1.29 is 14.3 Å². The molecule has 0 spiro atoms. The first-order valence-electron chi connectivity index (χ1n) is 8.88. The number of hydrogen-bond acceptors (Lipinski definition) is 7. The van der Waals surface area contributed by atoms with E-state index in [2.05, 4.69) is 15.3 Å². The monoisotopic (exact) mass is 386 g/mol. The third kappa shape index (κ3) is 3.66. The predicted molar refractivity (Wildman–Crippen MR) is 112 cm³/mol. The maximum Gasteiger partial charge on any atom is 0.339 e. The number of benzene rings is 3. The van der Waals surface area contributed by atoms with Crippen LogP contribution in [0.2, 0.25) is 0 Å². The Balaban J connectivity index is 1.68. The van der Waals surface area contributed by atoms with Crippen LogP contribution in [0.5, 0.6) is 11.6 Å². The summed E-state index contributed by atoms with van der Waals surface area (Å²) in [4.78, 5) is 20.3. The van der Waals surface area contributed by atoms with E-state index >= 15 is 0 Å². The van der Waals surface area contributed by atoms with Crippen molar-refractivity contribution >= 4 is 33.9 Å². The Kier molecular flexibility index (Phi) is 4.94. The van der Waals surface area contributed by atoms with E-state index in [9.17, 15) is 4.79 Å². The van der Waals surface area contributed by atoms with E-state index in [1.807, 2.05) is 42.5 Å². The summed E-state index contributed by atoms with van der Waals surface area (Å²) in [5.41, 5.74) is 7.36. The summed E-state index contributed by atoms with van der Waals surface area (Å²) in [6, 6.07) is 20.6. The first kappa shape index (κ1) is 18.2. The Morgan fingerprint density at radius 3 is 2.59 bits per heavy atom. The number of nitrogens with one attached hydrogen (secondary N) is 1. The van der Waals surface area contributed by atoms with Gasteiger partial charge in [0, 0.05) is 5.39 Å². The molecule has 0 saturated carbocycles. The number of para-hydroxylation sites is 1. The van der Waals surface area contributed by atoms with E-state index in [1.54, 1.807) is 24.3 Å². The van der Waals surface area contributed by atoms with Gasteiger partial charge in [0.1, 0.15) is 17.8 Å². The summed E-state index contributed by atoms with van der Waals surface area (Å²) >= 11 is 0. The second-order valence-corrected chi connectivity index (χ2v) is 6.18. The van der Waals surface area contributed by atoms with Gasteiger partial charge in [-0.2, -0.15) is 4.98 Å². The topological polar surface area (TPSA) is 99.4 Å². The molecule has 0 bridgehead atoms. The Labute approximate surface area is 167 Å². The molecular weight excluding hydrogens is 368 g/mol. The standard InChI is InChI=1S/C22H18N4O3/c1-28-22(27)16-10-4-5-11-17(16)26-20-19(23)21(25-13-24-20)29-18-12-6-8-14-7-2-3-9-15(14)18/h2-13H,23H2,1H3,(H,24,25,26). The highest BCUT2D eigenvalue weighted by atomic mass is 16.5. The van der Waals surface area contributed by atoms with Gasteiger partial charge in [-0.25, -0.2) is 9.78 Å². The van der Waals surface area contributed by atoms with Gasteiger partial charge in [-0.1, -0.05) is 48.5 Å². The smallest absolute Gasteiger partial charge is 0.339 e. The maximum absolute atomic E-state index is 12.0. The molecule has 0 aliphatic rings. The number of nitrogens with two attached hydrogens (primary N) is 1. The number of aromatic nitrogens is 2. The average Bonchev–Trinajstić information content (AvgIpc) is 2.76. The van der Waals surface area contributed by atoms with Crippen molar-refractivity contribution in [1.29, 1.82) is 0 Å². The zero-order valence-corrected chi connectivity index (χ0v) is 15.6. The molecule has 0 aliphatic heterocycles. The van der Waals surface area contributed by atoms with E-state index in [4.69, 9.17) is 15.2 Å². The van der Waals surface area contributed by atoms with Gasteiger partial charge in [-0.05, 0) is 23.6 Å². The number of rotatable bonds is 5. The normalized spacial score (nSPS) is 10.5. The Morgan fingerprint density at radius 2 is 1.72 bits per heavy atom. The third-order valence-electron chi connectivity index (χ3n) is 4.39. The number of carbonyl (C=O) groups is 1. The summed E-state index contributed by atoms with van der Waals surface area (Å²) in [7, 11) is 1.33. The van der Waals surface area contributed by atoms with Gasteiger partial charge >= 0.3 is 5.97 Å². The van der Waals surface area contributed by atoms with Crippen molar-refractivity contribution in [2.24, 2.45) is 0 Å². The van der Waals surface area contributed by atoms with Crippen LogP contribution in [0.25, 0.3) is 10.8 Å². The molecule has 4 aromatic rings. The molecule has 4 rings (SSSR count). The molecule has 3 N–H and O–H groups in total. The van der Waals surface area contributed by atoms with E-state index in [1.165, 1.54) is 13.4 Å². The zero-order chi connectivity index (χ0) is 20.2. The van der Waals surface area contributed by atoms with Gasteiger partial charge in [0.2, 0.25) is 5.88 Å². The molecule has 29 heavy (non-hydrogen) atoms. The summed E-state index contributed by atoms with van der Waals surface area (Å²) in [6.07, 6.45) is 1.35. The van der Waals surface area contributed by atoms with Crippen LogP contribution in [-0.2, 0) is 4.74 Å². The van der Waals surface area contributed by atoms with Crippen LogP contribution >= 0.6 is 0 Å². The molecule has 144 valence electrons. The van der Waals surface area contributed by atoms with Crippen LogP contribution in [0.15, 0.2) is 73.1 Å². The molecule has 0 amide bonds. The highest BCUT2D eigenvalue weighted by molar-refractivity contribution is 5.97. The van der Waals surface area contributed by atoms with Crippen molar-refractivity contribution in [3.8, 4) is 11.6 Å². The summed E-state index contributed by atoms with van der Waals surface area (Å²) in [5, 5.41) is 5.05. The van der Waals surface area contributed by atoms with Gasteiger partial charge in [0.05, 0.1) is 18.4 Å². The lowest BCUT2D eigenvalue weighted by molar-refractivity contribution is 0.0602. The number of carbonyl (C=O) groups excluding carboxylic acids is 1. The van der Waals surface area contributed by atoms with Gasteiger partial charge in [-0.15, -0.1) is 0 Å². The quantitative estimate of drug-likeness (QED) is 0.486.